The Morgan fingerprint density at radius 1 is 1.38 bits per heavy atom. The van der Waals surface area contributed by atoms with Gasteiger partial charge in [-0.1, -0.05) is 15.9 Å². The summed E-state index contributed by atoms with van der Waals surface area (Å²) < 4.78 is 6.04. The summed E-state index contributed by atoms with van der Waals surface area (Å²) in [4.78, 5) is 15.8. The van der Waals surface area contributed by atoms with Gasteiger partial charge in [-0.25, -0.2) is 4.98 Å². The summed E-state index contributed by atoms with van der Waals surface area (Å²) in [5.41, 5.74) is 4.05. The number of carbonyl (C=O) groups excluding carboxylic acids is 1. The maximum Gasteiger partial charge on any atom is 0.311 e. The van der Waals surface area contributed by atoms with E-state index < -0.39 is 0 Å². The zero-order chi connectivity index (χ0) is 15.4. The lowest BCUT2D eigenvalue weighted by molar-refractivity contribution is -0.142. The minimum atomic E-state index is -0.246. The van der Waals surface area contributed by atoms with Gasteiger partial charge in [-0.3, -0.25) is 4.79 Å². The number of hydrogen-bond acceptors (Lipinski definition) is 5. The number of benzene rings is 1. The zero-order valence-electron chi connectivity index (χ0n) is 12.2. The van der Waals surface area contributed by atoms with Crippen molar-refractivity contribution in [3.63, 3.8) is 0 Å². The van der Waals surface area contributed by atoms with Gasteiger partial charge in [-0.2, -0.15) is 0 Å². The predicted octanol–water partition coefficient (Wildman–Crippen LogP) is 4.37. The number of aromatic nitrogens is 1. The second kappa shape index (κ2) is 7.04. The van der Waals surface area contributed by atoms with Crippen LogP contribution in [0.4, 0.5) is 10.8 Å². The lowest BCUT2D eigenvalue weighted by atomic mass is 10.1. The molecule has 4 nitrogen and oxygen atoms in total. The summed E-state index contributed by atoms with van der Waals surface area (Å²) in [6.07, 6.45) is 0.213. The van der Waals surface area contributed by atoms with Crippen LogP contribution in [0.5, 0.6) is 0 Å². The molecule has 2 rings (SSSR count). The molecule has 0 spiro atoms. The van der Waals surface area contributed by atoms with E-state index in [0.717, 1.165) is 21.0 Å². The molecular weight excluding hydrogens is 352 g/mol. The van der Waals surface area contributed by atoms with E-state index in [0.29, 0.717) is 6.61 Å². The number of thiazole rings is 1. The molecule has 0 saturated heterocycles. The smallest absolute Gasteiger partial charge is 0.311 e. The molecule has 0 unspecified atom stereocenters. The van der Waals surface area contributed by atoms with Gasteiger partial charge in [0.1, 0.15) is 0 Å². The van der Waals surface area contributed by atoms with Crippen LogP contribution >= 0.6 is 27.3 Å². The van der Waals surface area contributed by atoms with Crippen LogP contribution in [0.3, 0.4) is 0 Å². The van der Waals surface area contributed by atoms with Gasteiger partial charge in [0.2, 0.25) is 0 Å². The van der Waals surface area contributed by atoms with E-state index in [4.69, 9.17) is 4.74 Å². The summed E-state index contributed by atoms with van der Waals surface area (Å²) in [7, 11) is 0. The number of anilines is 2. The molecule has 0 aliphatic carbocycles. The highest BCUT2D eigenvalue weighted by Gasteiger charge is 2.09. The average molecular weight is 369 g/mol. The summed E-state index contributed by atoms with van der Waals surface area (Å²) in [5.74, 6) is -0.246. The third kappa shape index (κ3) is 4.28. The molecule has 112 valence electrons. The Morgan fingerprint density at radius 2 is 2.05 bits per heavy atom. The molecule has 0 atom stereocenters. The first-order valence-corrected chi connectivity index (χ1v) is 8.30. The van der Waals surface area contributed by atoms with Crippen LogP contribution in [-0.4, -0.2) is 17.6 Å². The Kier molecular flexibility index (Phi) is 5.36. The van der Waals surface area contributed by atoms with Crippen LogP contribution < -0.4 is 5.32 Å². The van der Waals surface area contributed by atoms with Crippen molar-refractivity contribution in [1.29, 1.82) is 0 Å². The molecule has 0 amide bonds. The van der Waals surface area contributed by atoms with Crippen LogP contribution in [0, 0.1) is 13.8 Å². The lowest BCUT2D eigenvalue weighted by Crippen LogP contribution is -2.07. The number of nitrogens with one attached hydrogen (secondary N) is 1. The molecule has 0 aliphatic heterocycles. The predicted molar refractivity (Wildman–Crippen MR) is 89.3 cm³/mol. The highest BCUT2D eigenvalue weighted by molar-refractivity contribution is 9.10. The maximum absolute atomic E-state index is 11.4. The second-order valence-corrected chi connectivity index (χ2v) is 6.33. The van der Waals surface area contributed by atoms with Gasteiger partial charge in [-0.05, 0) is 44.0 Å². The van der Waals surface area contributed by atoms with Crippen molar-refractivity contribution >= 4 is 44.1 Å². The van der Waals surface area contributed by atoms with Crippen LogP contribution in [0.25, 0.3) is 0 Å². The molecule has 2 aromatic rings. The maximum atomic E-state index is 11.4. The molecule has 1 heterocycles. The highest BCUT2D eigenvalue weighted by Crippen LogP contribution is 2.28. The molecule has 6 heteroatoms. The SMILES string of the molecule is CCOC(=O)Cc1csc(Nc2cc(C)c(Br)c(C)c2)n1. The zero-order valence-corrected chi connectivity index (χ0v) is 14.6. The molecule has 21 heavy (non-hydrogen) atoms. The number of rotatable bonds is 5. The number of halogens is 1. The third-order valence-electron chi connectivity index (χ3n) is 2.87. The third-order valence-corrected chi connectivity index (χ3v) is 4.93. The fourth-order valence-electron chi connectivity index (χ4n) is 1.95. The number of ether oxygens (including phenoxy) is 1. The van der Waals surface area contributed by atoms with Gasteiger partial charge in [-0.15, -0.1) is 11.3 Å². The largest absolute Gasteiger partial charge is 0.466 e. The first kappa shape index (κ1) is 16.0. The van der Waals surface area contributed by atoms with Gasteiger partial charge >= 0.3 is 5.97 Å². The van der Waals surface area contributed by atoms with Crippen molar-refractivity contribution in [2.45, 2.75) is 27.2 Å². The van der Waals surface area contributed by atoms with Crippen LogP contribution in [-0.2, 0) is 16.0 Å². The molecule has 0 bridgehead atoms. The van der Waals surface area contributed by atoms with E-state index in [2.05, 4.69) is 52.2 Å². The molecule has 0 saturated carbocycles. The number of nitrogens with zero attached hydrogens (tertiary/aromatic N) is 1. The molecule has 1 N–H and O–H groups in total. The Morgan fingerprint density at radius 3 is 2.67 bits per heavy atom. The molecular formula is C15H17BrN2O2S. The number of aryl methyl sites for hydroxylation is 2. The van der Waals surface area contributed by atoms with Crippen molar-refractivity contribution in [2.75, 3.05) is 11.9 Å². The number of esters is 1. The lowest BCUT2D eigenvalue weighted by Gasteiger charge is -2.08. The van der Waals surface area contributed by atoms with E-state index in [9.17, 15) is 4.79 Å². The first-order valence-electron chi connectivity index (χ1n) is 6.63. The van der Waals surface area contributed by atoms with E-state index in [1.165, 1.54) is 22.5 Å². The van der Waals surface area contributed by atoms with E-state index in [1.54, 1.807) is 6.92 Å². The Bertz CT molecular complexity index is 632. The van der Waals surface area contributed by atoms with Crippen molar-refractivity contribution in [3.8, 4) is 0 Å². The minimum absolute atomic E-state index is 0.213. The normalized spacial score (nSPS) is 10.5. The van der Waals surface area contributed by atoms with Crippen molar-refractivity contribution in [3.05, 3.63) is 38.8 Å². The Hall–Kier alpha value is -1.40. The number of hydrogen-bond donors (Lipinski definition) is 1. The molecule has 1 aromatic carbocycles. The standard InChI is InChI=1S/C15H17BrN2O2S/c1-4-20-13(19)7-12-8-21-15(18-12)17-11-5-9(2)14(16)10(3)6-11/h5-6,8H,4,7H2,1-3H3,(H,17,18). The van der Waals surface area contributed by atoms with Gasteiger partial charge < -0.3 is 10.1 Å². The first-order chi connectivity index (χ1) is 9.99. The van der Waals surface area contributed by atoms with Crippen molar-refractivity contribution < 1.29 is 9.53 Å². The Labute approximate surface area is 136 Å². The summed E-state index contributed by atoms with van der Waals surface area (Å²) in [5, 5.41) is 5.92. The van der Waals surface area contributed by atoms with Crippen LogP contribution in [0.15, 0.2) is 22.0 Å². The van der Waals surface area contributed by atoms with Gasteiger partial charge in [0.15, 0.2) is 5.13 Å². The van der Waals surface area contributed by atoms with E-state index in [1.807, 2.05) is 5.38 Å². The summed E-state index contributed by atoms with van der Waals surface area (Å²) in [6.45, 7) is 6.29. The van der Waals surface area contributed by atoms with Crippen LogP contribution in [0.1, 0.15) is 23.7 Å². The monoisotopic (exact) mass is 368 g/mol. The minimum Gasteiger partial charge on any atom is -0.466 e. The summed E-state index contributed by atoms with van der Waals surface area (Å²) in [6, 6.07) is 4.12. The van der Waals surface area contributed by atoms with E-state index in [-0.39, 0.29) is 12.4 Å². The fraction of sp³-hybridized carbons (Fsp3) is 0.333. The summed E-state index contributed by atoms with van der Waals surface area (Å²) >= 11 is 5.03. The number of carbonyl (C=O) groups is 1. The van der Waals surface area contributed by atoms with Gasteiger partial charge in [0, 0.05) is 15.5 Å². The second-order valence-electron chi connectivity index (χ2n) is 4.67. The fourth-order valence-corrected chi connectivity index (χ4v) is 2.91. The van der Waals surface area contributed by atoms with Gasteiger partial charge in [0.05, 0.1) is 18.7 Å². The molecule has 1 aromatic heterocycles. The Balaban J connectivity index is 2.07. The molecule has 0 fully saturated rings. The molecule has 0 radical (unpaired) electrons. The molecule has 0 aliphatic rings. The average Bonchev–Trinajstić information content (AvgIpc) is 2.83. The highest BCUT2D eigenvalue weighted by atomic mass is 79.9. The van der Waals surface area contributed by atoms with Crippen molar-refractivity contribution in [2.24, 2.45) is 0 Å². The van der Waals surface area contributed by atoms with Crippen LogP contribution in [0.2, 0.25) is 0 Å². The van der Waals surface area contributed by atoms with Gasteiger partial charge in [0.25, 0.3) is 0 Å². The van der Waals surface area contributed by atoms with E-state index >= 15 is 0 Å². The van der Waals surface area contributed by atoms with Crippen molar-refractivity contribution in [1.82, 2.24) is 4.98 Å². The quantitative estimate of drug-likeness (QED) is 0.795. The topological polar surface area (TPSA) is 51.2 Å².